The first-order valence-corrected chi connectivity index (χ1v) is 6.70. The van der Waals surface area contributed by atoms with E-state index in [9.17, 15) is 4.79 Å². The summed E-state index contributed by atoms with van der Waals surface area (Å²) in [5, 5.41) is 9.12. The van der Waals surface area contributed by atoms with E-state index < -0.39 is 0 Å². The van der Waals surface area contributed by atoms with Gasteiger partial charge in [-0.3, -0.25) is 0 Å². The predicted molar refractivity (Wildman–Crippen MR) is 78.4 cm³/mol. The average Bonchev–Trinajstić information content (AvgIpc) is 3.02. The van der Waals surface area contributed by atoms with E-state index in [1.807, 2.05) is 24.3 Å². The molecule has 0 unspecified atom stereocenters. The Kier molecular flexibility index (Phi) is 5.73. The Morgan fingerprint density at radius 2 is 2.00 bits per heavy atom. The van der Waals surface area contributed by atoms with E-state index in [1.165, 1.54) is 0 Å². The number of hydrogen-bond acceptors (Lipinski definition) is 6. The van der Waals surface area contributed by atoms with Gasteiger partial charge < -0.3 is 24.6 Å². The zero-order valence-corrected chi connectivity index (χ0v) is 12.5. The fourth-order valence-corrected chi connectivity index (χ4v) is 1.67. The number of urea groups is 1. The highest BCUT2D eigenvalue weighted by atomic mass is 16.5. The summed E-state index contributed by atoms with van der Waals surface area (Å²) in [5.41, 5.74) is 0.806. The van der Waals surface area contributed by atoms with Crippen molar-refractivity contribution in [3.8, 4) is 17.1 Å². The third kappa shape index (κ3) is 4.45. The van der Waals surface area contributed by atoms with Crippen LogP contribution in [0, 0.1) is 0 Å². The van der Waals surface area contributed by atoms with E-state index in [4.69, 9.17) is 14.0 Å². The highest BCUT2D eigenvalue weighted by molar-refractivity contribution is 5.73. The zero-order valence-electron chi connectivity index (χ0n) is 12.5. The molecule has 1 heterocycles. The van der Waals surface area contributed by atoms with Crippen LogP contribution in [0.15, 0.2) is 28.8 Å². The van der Waals surface area contributed by atoms with Crippen molar-refractivity contribution < 1.29 is 18.8 Å². The molecule has 0 aliphatic rings. The lowest BCUT2D eigenvalue weighted by molar-refractivity contribution is 0.195. The minimum atomic E-state index is -0.318. The van der Waals surface area contributed by atoms with Crippen LogP contribution < -0.4 is 15.4 Å². The molecule has 8 nitrogen and oxygen atoms in total. The van der Waals surface area contributed by atoms with Crippen molar-refractivity contribution in [3.63, 3.8) is 0 Å². The first-order valence-electron chi connectivity index (χ1n) is 6.70. The summed E-state index contributed by atoms with van der Waals surface area (Å²) in [6, 6.07) is 6.97. The van der Waals surface area contributed by atoms with Gasteiger partial charge in [-0.15, -0.1) is 0 Å². The van der Waals surface area contributed by atoms with Crippen LogP contribution >= 0.6 is 0 Å². The van der Waals surface area contributed by atoms with Crippen LogP contribution in [-0.2, 0) is 11.3 Å². The summed E-state index contributed by atoms with van der Waals surface area (Å²) < 4.78 is 15.0. The second-order valence-electron chi connectivity index (χ2n) is 4.34. The van der Waals surface area contributed by atoms with Crippen LogP contribution in [-0.4, -0.2) is 43.5 Å². The maximum absolute atomic E-state index is 11.5. The van der Waals surface area contributed by atoms with E-state index in [0.29, 0.717) is 24.9 Å². The van der Waals surface area contributed by atoms with Gasteiger partial charge >= 0.3 is 6.03 Å². The van der Waals surface area contributed by atoms with Gasteiger partial charge in [0, 0.05) is 19.2 Å². The third-order valence-electron chi connectivity index (χ3n) is 2.81. The van der Waals surface area contributed by atoms with Crippen molar-refractivity contribution in [3.05, 3.63) is 30.2 Å². The van der Waals surface area contributed by atoms with Gasteiger partial charge in [-0.1, -0.05) is 5.16 Å². The van der Waals surface area contributed by atoms with Crippen LogP contribution in [0.2, 0.25) is 0 Å². The van der Waals surface area contributed by atoms with Crippen LogP contribution in [0.5, 0.6) is 5.75 Å². The molecular formula is C14H18N4O4. The standard InChI is InChI=1S/C14H18N4O4/c1-20-8-7-15-14(19)16-9-12-17-13(18-22-12)10-3-5-11(21-2)6-4-10/h3-6H,7-9H2,1-2H3,(H2,15,16,19). The minimum absolute atomic E-state index is 0.155. The van der Waals surface area contributed by atoms with Crippen LogP contribution in [0.4, 0.5) is 4.79 Å². The maximum atomic E-state index is 11.5. The smallest absolute Gasteiger partial charge is 0.315 e. The molecule has 1 aromatic heterocycles. The summed E-state index contributed by atoms with van der Waals surface area (Å²) in [7, 11) is 3.17. The monoisotopic (exact) mass is 306 g/mol. The number of ether oxygens (including phenoxy) is 2. The number of carbonyl (C=O) groups excluding carboxylic acids is 1. The Labute approximate surface area is 127 Å². The molecule has 2 rings (SSSR count). The highest BCUT2D eigenvalue weighted by Crippen LogP contribution is 2.19. The fourth-order valence-electron chi connectivity index (χ4n) is 1.67. The Hall–Kier alpha value is -2.61. The minimum Gasteiger partial charge on any atom is -0.497 e. The molecular weight excluding hydrogens is 288 g/mol. The number of methoxy groups -OCH3 is 2. The van der Waals surface area contributed by atoms with Crippen molar-refractivity contribution in [2.75, 3.05) is 27.4 Å². The molecule has 0 saturated heterocycles. The number of carbonyl (C=O) groups is 1. The summed E-state index contributed by atoms with van der Waals surface area (Å²) in [6.45, 7) is 1.04. The van der Waals surface area contributed by atoms with Gasteiger partial charge in [0.15, 0.2) is 0 Å². The van der Waals surface area contributed by atoms with Gasteiger partial charge in [-0.05, 0) is 24.3 Å². The molecule has 2 aromatic rings. The Morgan fingerprint density at radius 3 is 2.68 bits per heavy atom. The molecule has 0 radical (unpaired) electrons. The summed E-state index contributed by atoms with van der Waals surface area (Å²) in [4.78, 5) is 15.7. The lowest BCUT2D eigenvalue weighted by atomic mass is 10.2. The number of aromatic nitrogens is 2. The van der Waals surface area contributed by atoms with Crippen molar-refractivity contribution in [1.29, 1.82) is 0 Å². The molecule has 0 spiro atoms. The highest BCUT2D eigenvalue weighted by Gasteiger charge is 2.09. The van der Waals surface area contributed by atoms with E-state index in [-0.39, 0.29) is 12.6 Å². The number of rotatable bonds is 7. The molecule has 2 amide bonds. The molecule has 22 heavy (non-hydrogen) atoms. The van der Waals surface area contributed by atoms with Crippen molar-refractivity contribution in [2.24, 2.45) is 0 Å². The lowest BCUT2D eigenvalue weighted by Gasteiger charge is -2.04. The molecule has 0 atom stereocenters. The first-order chi connectivity index (χ1) is 10.7. The van der Waals surface area contributed by atoms with E-state index in [0.717, 1.165) is 11.3 Å². The number of hydrogen-bond donors (Lipinski definition) is 2. The van der Waals surface area contributed by atoms with Gasteiger partial charge in [0.05, 0.1) is 20.3 Å². The van der Waals surface area contributed by atoms with Crippen LogP contribution in [0.3, 0.4) is 0 Å². The average molecular weight is 306 g/mol. The number of amides is 2. The lowest BCUT2D eigenvalue weighted by Crippen LogP contribution is -2.36. The predicted octanol–water partition coefficient (Wildman–Crippen LogP) is 1.19. The third-order valence-corrected chi connectivity index (χ3v) is 2.81. The van der Waals surface area contributed by atoms with Gasteiger partial charge in [0.1, 0.15) is 5.75 Å². The summed E-state index contributed by atoms with van der Waals surface area (Å²) in [5.74, 6) is 1.54. The van der Waals surface area contributed by atoms with E-state index >= 15 is 0 Å². The second-order valence-corrected chi connectivity index (χ2v) is 4.34. The fraction of sp³-hybridized carbons (Fsp3) is 0.357. The van der Waals surface area contributed by atoms with E-state index in [1.54, 1.807) is 14.2 Å². The second kappa shape index (κ2) is 7.99. The van der Waals surface area contributed by atoms with Crippen molar-refractivity contribution in [2.45, 2.75) is 6.54 Å². The SMILES string of the molecule is COCCNC(=O)NCc1nc(-c2ccc(OC)cc2)no1. The van der Waals surface area contributed by atoms with Crippen molar-refractivity contribution in [1.82, 2.24) is 20.8 Å². The van der Waals surface area contributed by atoms with Crippen LogP contribution in [0.25, 0.3) is 11.4 Å². The van der Waals surface area contributed by atoms with Crippen molar-refractivity contribution >= 4 is 6.03 Å². The molecule has 0 fully saturated rings. The number of nitrogens with zero attached hydrogens (tertiary/aromatic N) is 2. The zero-order chi connectivity index (χ0) is 15.8. The van der Waals surface area contributed by atoms with Gasteiger partial charge in [0.2, 0.25) is 11.7 Å². The van der Waals surface area contributed by atoms with Gasteiger partial charge in [0.25, 0.3) is 0 Å². The molecule has 8 heteroatoms. The molecule has 118 valence electrons. The Balaban J connectivity index is 1.86. The topological polar surface area (TPSA) is 98.5 Å². The first kappa shape index (κ1) is 15.8. The maximum Gasteiger partial charge on any atom is 0.315 e. The molecule has 0 aliphatic carbocycles. The van der Waals surface area contributed by atoms with Crippen LogP contribution in [0.1, 0.15) is 5.89 Å². The number of benzene rings is 1. The van der Waals surface area contributed by atoms with E-state index in [2.05, 4.69) is 20.8 Å². The Bertz CT molecular complexity index is 597. The molecule has 0 saturated carbocycles. The largest absolute Gasteiger partial charge is 0.497 e. The summed E-state index contributed by atoms with van der Waals surface area (Å²) in [6.07, 6.45) is 0. The molecule has 0 bridgehead atoms. The number of nitrogens with one attached hydrogen (secondary N) is 2. The molecule has 0 aliphatic heterocycles. The quantitative estimate of drug-likeness (QED) is 0.746. The Morgan fingerprint density at radius 1 is 1.23 bits per heavy atom. The molecule has 2 N–H and O–H groups in total. The summed E-state index contributed by atoms with van der Waals surface area (Å²) >= 11 is 0. The normalized spacial score (nSPS) is 10.3. The van der Waals surface area contributed by atoms with Gasteiger partial charge in [-0.2, -0.15) is 4.98 Å². The molecule has 1 aromatic carbocycles. The van der Waals surface area contributed by atoms with Gasteiger partial charge in [-0.25, -0.2) is 4.79 Å².